The van der Waals surface area contributed by atoms with Crippen LogP contribution in [0.3, 0.4) is 0 Å². The van der Waals surface area contributed by atoms with Gasteiger partial charge in [-0.1, -0.05) is 271 Å². The van der Waals surface area contributed by atoms with Gasteiger partial charge in [-0.05, 0) is 12.8 Å². The molecular weight excluding hydrogens is 831 g/mol. The number of rotatable bonds is 50. The third-order valence-electron chi connectivity index (χ3n) is 14.3. The van der Waals surface area contributed by atoms with Crippen LogP contribution in [0.2, 0.25) is 0 Å². The highest BCUT2D eigenvalue weighted by molar-refractivity contribution is 5.76. The molecule has 0 bridgehead atoms. The Hall–Kier alpha value is -0.850. The van der Waals surface area contributed by atoms with Crippen LogP contribution in [0.4, 0.5) is 0 Å². The zero-order valence-corrected chi connectivity index (χ0v) is 43.3. The molecule has 1 rings (SSSR count). The molecule has 1 aliphatic rings. The third-order valence-corrected chi connectivity index (χ3v) is 14.3. The van der Waals surface area contributed by atoms with Crippen LogP contribution in [0.25, 0.3) is 0 Å². The lowest BCUT2D eigenvalue weighted by Crippen LogP contribution is -2.60. The van der Waals surface area contributed by atoms with Crippen molar-refractivity contribution in [2.24, 2.45) is 0 Å². The summed E-state index contributed by atoms with van der Waals surface area (Å²) < 4.78 is 11.2. The molecule has 1 aliphatic heterocycles. The molecule has 394 valence electrons. The fourth-order valence-electron chi connectivity index (χ4n) is 9.67. The number of amides is 1. The van der Waals surface area contributed by atoms with Gasteiger partial charge in [-0.2, -0.15) is 0 Å². The fourth-order valence-corrected chi connectivity index (χ4v) is 9.67. The van der Waals surface area contributed by atoms with Crippen LogP contribution in [0.5, 0.6) is 0 Å². The maximum Gasteiger partial charge on any atom is 0.220 e. The van der Waals surface area contributed by atoms with Gasteiger partial charge >= 0.3 is 0 Å². The average molecular weight is 943 g/mol. The molecule has 7 N–H and O–H groups in total. The predicted octanol–water partition coefficient (Wildman–Crippen LogP) is 12.8. The van der Waals surface area contributed by atoms with E-state index in [1.807, 2.05) is 0 Å². The fraction of sp³-hybridized carbons (Fsp3) is 0.982. The Morgan fingerprint density at radius 2 is 0.788 bits per heavy atom. The van der Waals surface area contributed by atoms with Crippen molar-refractivity contribution in [3.8, 4) is 0 Å². The number of hydrogen-bond donors (Lipinski definition) is 7. The molecular formula is C56H111NO9. The Labute approximate surface area is 407 Å². The summed E-state index contributed by atoms with van der Waals surface area (Å²) in [4.78, 5) is 13.1. The number of nitrogens with one attached hydrogen (secondary N) is 1. The Bertz CT molecular complexity index is 1020. The summed E-state index contributed by atoms with van der Waals surface area (Å²) in [6.07, 6.45) is 44.2. The van der Waals surface area contributed by atoms with Crippen LogP contribution in [0.1, 0.15) is 290 Å². The third kappa shape index (κ3) is 35.3. The minimum Gasteiger partial charge on any atom is -0.394 e. The van der Waals surface area contributed by atoms with Gasteiger partial charge in [0.15, 0.2) is 6.29 Å². The van der Waals surface area contributed by atoms with Crippen molar-refractivity contribution in [1.82, 2.24) is 5.32 Å². The first kappa shape index (κ1) is 63.2. The smallest absolute Gasteiger partial charge is 0.220 e. The molecule has 0 aromatic carbocycles. The summed E-state index contributed by atoms with van der Waals surface area (Å²) in [6.45, 7) is 3.65. The van der Waals surface area contributed by atoms with E-state index in [0.717, 1.165) is 38.5 Å². The van der Waals surface area contributed by atoms with Crippen molar-refractivity contribution < 1.29 is 44.9 Å². The van der Waals surface area contributed by atoms with E-state index in [1.54, 1.807) is 0 Å². The van der Waals surface area contributed by atoms with E-state index in [2.05, 4.69) is 19.2 Å². The molecule has 1 saturated heterocycles. The zero-order valence-electron chi connectivity index (χ0n) is 43.3. The van der Waals surface area contributed by atoms with Crippen molar-refractivity contribution in [3.05, 3.63) is 0 Å². The molecule has 2 unspecified atom stereocenters. The highest BCUT2D eigenvalue weighted by Gasteiger charge is 2.44. The van der Waals surface area contributed by atoms with E-state index in [1.165, 1.54) is 225 Å². The van der Waals surface area contributed by atoms with Gasteiger partial charge in [0.1, 0.15) is 30.5 Å². The number of hydrogen-bond acceptors (Lipinski definition) is 9. The number of unbranched alkanes of at least 4 members (excludes halogenated alkanes) is 39. The summed E-state index contributed by atoms with van der Waals surface area (Å²) in [5.74, 6) is -0.250. The molecule has 0 saturated carbocycles. The lowest BCUT2D eigenvalue weighted by Gasteiger charge is -2.40. The topological polar surface area (TPSA) is 169 Å². The van der Waals surface area contributed by atoms with Crippen molar-refractivity contribution in [2.45, 2.75) is 339 Å². The molecule has 0 aliphatic carbocycles. The molecule has 8 atom stereocenters. The second kappa shape index (κ2) is 46.5. The van der Waals surface area contributed by atoms with E-state index >= 15 is 0 Å². The lowest BCUT2D eigenvalue weighted by atomic mass is 9.98. The van der Waals surface area contributed by atoms with E-state index in [0.29, 0.717) is 6.42 Å². The predicted molar refractivity (Wildman–Crippen MR) is 274 cm³/mol. The summed E-state index contributed by atoms with van der Waals surface area (Å²) in [7, 11) is 0. The first-order valence-corrected chi connectivity index (χ1v) is 28.8. The first-order valence-electron chi connectivity index (χ1n) is 28.8. The molecule has 1 amide bonds. The molecule has 0 aromatic rings. The monoisotopic (exact) mass is 942 g/mol. The molecule has 10 nitrogen and oxygen atoms in total. The number of aliphatic hydroxyl groups is 6. The minimum atomic E-state index is -1.60. The summed E-state index contributed by atoms with van der Waals surface area (Å²) >= 11 is 0. The van der Waals surface area contributed by atoms with Gasteiger partial charge in [0.05, 0.1) is 25.4 Å². The van der Waals surface area contributed by atoms with Gasteiger partial charge in [0, 0.05) is 6.42 Å². The molecule has 10 heteroatoms. The number of ether oxygens (including phenoxy) is 2. The normalized spacial score (nSPS) is 20.2. The summed E-state index contributed by atoms with van der Waals surface area (Å²) in [6, 6.07) is -0.986. The largest absolute Gasteiger partial charge is 0.394 e. The van der Waals surface area contributed by atoms with Crippen LogP contribution < -0.4 is 5.32 Å². The molecule has 66 heavy (non-hydrogen) atoms. The number of carbonyl (C=O) groups is 1. The van der Waals surface area contributed by atoms with Crippen molar-refractivity contribution >= 4 is 5.91 Å². The molecule has 0 spiro atoms. The van der Waals surface area contributed by atoms with Gasteiger partial charge < -0.3 is 45.4 Å². The highest BCUT2D eigenvalue weighted by atomic mass is 16.7. The Morgan fingerprint density at radius 1 is 0.470 bits per heavy atom. The maximum absolute atomic E-state index is 13.1. The van der Waals surface area contributed by atoms with Crippen LogP contribution in [-0.2, 0) is 14.3 Å². The SMILES string of the molecule is CCCCCCCCCCCCCCCCCCCCCCCCCCCCCC(=O)N[C@@H](CO[C@@H]1O[C@H](CO)[C@@H](O)C(O)C1O)[C@H](O)[C@H](O)CCCCCCCCCCCCCCCC. The van der Waals surface area contributed by atoms with Gasteiger partial charge in [0.25, 0.3) is 0 Å². The van der Waals surface area contributed by atoms with Gasteiger partial charge in [0.2, 0.25) is 5.91 Å². The highest BCUT2D eigenvalue weighted by Crippen LogP contribution is 2.24. The minimum absolute atomic E-state index is 0.250. The average Bonchev–Trinajstić information content (AvgIpc) is 3.32. The van der Waals surface area contributed by atoms with E-state index in [4.69, 9.17) is 9.47 Å². The van der Waals surface area contributed by atoms with E-state index in [-0.39, 0.29) is 18.9 Å². The van der Waals surface area contributed by atoms with Gasteiger partial charge in [-0.25, -0.2) is 0 Å². The number of aliphatic hydroxyl groups excluding tert-OH is 6. The summed E-state index contributed by atoms with van der Waals surface area (Å²) in [5.41, 5.74) is 0. The van der Waals surface area contributed by atoms with Gasteiger partial charge in [-0.3, -0.25) is 4.79 Å². The second-order valence-electron chi connectivity index (χ2n) is 20.6. The van der Waals surface area contributed by atoms with Gasteiger partial charge in [-0.15, -0.1) is 0 Å². The quantitative estimate of drug-likeness (QED) is 0.0294. The standard InChI is InChI=1S/C56H111NO9/c1-3-5-7-9-11-13-15-17-19-20-21-22-23-24-25-26-27-28-29-30-31-33-35-37-39-41-43-45-51(60)57-48(47-65-56-55(64)54(63)53(62)50(46-58)66-56)52(61)49(59)44-42-40-38-36-34-32-18-16-14-12-10-8-6-4-2/h48-50,52-56,58-59,61-64H,3-47H2,1-2H3,(H,57,60)/t48-,49+,50+,52-,53+,54?,55?,56+/m0/s1. The van der Waals surface area contributed by atoms with Crippen molar-refractivity contribution in [2.75, 3.05) is 13.2 Å². The van der Waals surface area contributed by atoms with Crippen LogP contribution in [0, 0.1) is 0 Å². The van der Waals surface area contributed by atoms with Crippen LogP contribution in [-0.4, -0.2) is 98.7 Å². The lowest BCUT2D eigenvalue weighted by molar-refractivity contribution is -0.303. The Morgan fingerprint density at radius 3 is 1.12 bits per heavy atom. The number of carbonyl (C=O) groups excluding carboxylic acids is 1. The van der Waals surface area contributed by atoms with Crippen LogP contribution in [0.15, 0.2) is 0 Å². The molecule has 0 aromatic heterocycles. The Kier molecular flexibility index (Phi) is 44.5. The second-order valence-corrected chi connectivity index (χ2v) is 20.6. The maximum atomic E-state index is 13.1. The van der Waals surface area contributed by atoms with Crippen molar-refractivity contribution in [3.63, 3.8) is 0 Å². The molecule has 1 fully saturated rings. The first-order chi connectivity index (χ1) is 32.3. The zero-order chi connectivity index (χ0) is 48.1. The Balaban J connectivity index is 2.20. The summed E-state index contributed by atoms with van der Waals surface area (Å²) in [5, 5.41) is 65.5. The van der Waals surface area contributed by atoms with Crippen molar-refractivity contribution in [1.29, 1.82) is 0 Å². The molecule has 0 radical (unpaired) electrons. The van der Waals surface area contributed by atoms with E-state index < -0.39 is 55.6 Å². The van der Waals surface area contributed by atoms with Crippen LogP contribution >= 0.6 is 0 Å². The molecule has 1 heterocycles. The van der Waals surface area contributed by atoms with E-state index in [9.17, 15) is 35.4 Å².